The van der Waals surface area contributed by atoms with E-state index in [0.717, 1.165) is 0 Å². The van der Waals surface area contributed by atoms with Crippen LogP contribution < -0.4 is 5.32 Å². The minimum Gasteiger partial charge on any atom is -0.479 e. The van der Waals surface area contributed by atoms with Crippen LogP contribution in [0.2, 0.25) is 10.0 Å². The van der Waals surface area contributed by atoms with Gasteiger partial charge in [-0.15, -0.1) is 0 Å². The maximum atomic E-state index is 12.6. The number of rotatable bonds is 7. The molecule has 0 aromatic heterocycles. The van der Waals surface area contributed by atoms with Crippen LogP contribution in [0.25, 0.3) is 0 Å². The average molecular weight is 619 g/mol. The molecule has 0 saturated heterocycles. The number of halogens is 5. The maximum absolute atomic E-state index is 12.6. The third-order valence-electron chi connectivity index (χ3n) is 3.62. The summed E-state index contributed by atoms with van der Waals surface area (Å²) in [5, 5.41) is 12.8. The number of benzene rings is 2. The van der Waals surface area contributed by atoms with Crippen molar-refractivity contribution in [2.45, 2.75) is 14.5 Å². The van der Waals surface area contributed by atoms with E-state index in [-0.39, 0.29) is 6.42 Å². The number of para-hydroxylation sites is 2. The van der Waals surface area contributed by atoms with Crippen molar-refractivity contribution < 1.29 is 19.4 Å². The van der Waals surface area contributed by atoms with Crippen LogP contribution in [0, 0.1) is 0 Å². The van der Waals surface area contributed by atoms with Gasteiger partial charge in [0, 0.05) is 5.69 Å². The molecule has 0 heterocycles. The molecule has 0 aliphatic carbocycles. The lowest BCUT2D eigenvalue weighted by Gasteiger charge is -2.24. The largest absolute Gasteiger partial charge is 0.479 e. The number of ether oxygens (including phenoxy) is 1. The van der Waals surface area contributed by atoms with E-state index in [4.69, 9.17) is 33.0 Å². The SMILES string of the molecule is O=C(O)COC(=O)C(CC(Br)(Br)Br)c1ccccc1Nc1c(Cl)cccc1Cl. The van der Waals surface area contributed by atoms with Crippen molar-refractivity contribution in [1.29, 1.82) is 0 Å². The first-order valence-electron chi connectivity index (χ1n) is 7.83. The Morgan fingerprint density at radius 3 is 2.25 bits per heavy atom. The molecule has 28 heavy (non-hydrogen) atoms. The summed E-state index contributed by atoms with van der Waals surface area (Å²) in [6.45, 7) is -0.721. The first-order chi connectivity index (χ1) is 13.1. The zero-order valence-electron chi connectivity index (χ0n) is 14.1. The van der Waals surface area contributed by atoms with E-state index in [1.165, 1.54) is 0 Å². The number of carbonyl (C=O) groups excluding carboxylic acids is 1. The quantitative estimate of drug-likeness (QED) is 0.268. The van der Waals surface area contributed by atoms with E-state index >= 15 is 0 Å². The third-order valence-corrected chi connectivity index (χ3v) is 5.22. The van der Waals surface area contributed by atoms with Gasteiger partial charge in [-0.25, -0.2) is 4.79 Å². The Kier molecular flexibility index (Phi) is 8.63. The summed E-state index contributed by atoms with van der Waals surface area (Å²) >= 11 is 22.6. The summed E-state index contributed by atoms with van der Waals surface area (Å²) in [4.78, 5) is 23.4. The van der Waals surface area contributed by atoms with Crippen molar-refractivity contribution in [3.63, 3.8) is 0 Å². The zero-order valence-corrected chi connectivity index (χ0v) is 20.4. The molecular formula is C18H14Br3Cl2NO4. The van der Waals surface area contributed by atoms with Gasteiger partial charge in [-0.05, 0) is 30.2 Å². The van der Waals surface area contributed by atoms with Crippen molar-refractivity contribution in [1.82, 2.24) is 0 Å². The zero-order chi connectivity index (χ0) is 20.9. The van der Waals surface area contributed by atoms with Crippen molar-refractivity contribution in [3.8, 4) is 0 Å². The molecule has 2 aromatic carbocycles. The summed E-state index contributed by atoms with van der Waals surface area (Å²) in [5.74, 6) is -2.70. The highest BCUT2D eigenvalue weighted by molar-refractivity contribution is 9.39. The van der Waals surface area contributed by atoms with Crippen molar-refractivity contribution in [2.24, 2.45) is 0 Å². The van der Waals surface area contributed by atoms with Gasteiger partial charge < -0.3 is 15.2 Å². The average Bonchev–Trinajstić information content (AvgIpc) is 2.60. The maximum Gasteiger partial charge on any atom is 0.341 e. The predicted molar refractivity (Wildman–Crippen MR) is 122 cm³/mol. The molecular weight excluding hydrogens is 605 g/mol. The minimum atomic E-state index is -1.23. The van der Waals surface area contributed by atoms with Gasteiger partial charge in [0.25, 0.3) is 0 Å². The van der Waals surface area contributed by atoms with Crippen LogP contribution in [-0.2, 0) is 14.3 Å². The smallest absolute Gasteiger partial charge is 0.341 e. The highest BCUT2D eigenvalue weighted by atomic mass is 80.0. The number of alkyl halides is 3. The van der Waals surface area contributed by atoms with E-state index in [2.05, 4.69) is 53.1 Å². The highest BCUT2D eigenvalue weighted by Crippen LogP contribution is 2.45. The topological polar surface area (TPSA) is 75.6 Å². The molecule has 0 aliphatic rings. The van der Waals surface area contributed by atoms with Crippen LogP contribution >= 0.6 is 71.0 Å². The van der Waals surface area contributed by atoms with E-state index in [1.54, 1.807) is 42.5 Å². The first-order valence-corrected chi connectivity index (χ1v) is 11.0. The van der Waals surface area contributed by atoms with Gasteiger partial charge >= 0.3 is 11.9 Å². The van der Waals surface area contributed by atoms with Crippen molar-refractivity contribution >= 4 is 94.3 Å². The number of hydrogen-bond acceptors (Lipinski definition) is 4. The van der Waals surface area contributed by atoms with E-state index in [1.807, 2.05) is 0 Å². The second-order valence-electron chi connectivity index (χ2n) is 5.68. The van der Waals surface area contributed by atoms with Crippen molar-refractivity contribution in [3.05, 3.63) is 58.1 Å². The number of anilines is 2. The number of carbonyl (C=O) groups is 2. The highest BCUT2D eigenvalue weighted by Gasteiger charge is 2.33. The number of carboxylic acid groups (broad SMARTS) is 1. The van der Waals surface area contributed by atoms with Crippen LogP contribution in [0.4, 0.5) is 11.4 Å². The van der Waals surface area contributed by atoms with Crippen LogP contribution in [0.5, 0.6) is 0 Å². The number of carboxylic acids is 1. The number of hydrogen-bond donors (Lipinski definition) is 2. The van der Waals surface area contributed by atoms with Crippen LogP contribution in [0.3, 0.4) is 0 Å². The lowest BCUT2D eigenvalue weighted by atomic mass is 9.94. The normalized spacial score (nSPS) is 12.3. The fraction of sp³-hybridized carbons (Fsp3) is 0.222. The molecule has 2 aromatic rings. The number of nitrogens with one attached hydrogen (secondary N) is 1. The van der Waals surface area contributed by atoms with Crippen LogP contribution in [0.15, 0.2) is 42.5 Å². The molecule has 1 unspecified atom stereocenters. The molecule has 150 valence electrons. The van der Waals surface area contributed by atoms with E-state index in [0.29, 0.717) is 27.0 Å². The second kappa shape index (κ2) is 10.3. The van der Waals surface area contributed by atoms with Gasteiger partial charge in [0.15, 0.2) is 6.61 Å². The Balaban J connectivity index is 2.43. The third kappa shape index (κ3) is 6.91. The molecule has 0 saturated carbocycles. The summed E-state index contributed by atoms with van der Waals surface area (Å²) in [6.07, 6.45) is 0.223. The van der Waals surface area contributed by atoms with Crippen molar-refractivity contribution in [2.75, 3.05) is 11.9 Å². The Morgan fingerprint density at radius 2 is 1.68 bits per heavy atom. The number of aliphatic carboxylic acids is 1. The number of esters is 1. The minimum absolute atomic E-state index is 0.223. The predicted octanol–water partition coefficient (Wildman–Crippen LogP) is 6.68. The second-order valence-corrected chi connectivity index (χ2v) is 13.8. The molecule has 1 atom stereocenters. The Morgan fingerprint density at radius 1 is 1.07 bits per heavy atom. The van der Waals surface area contributed by atoms with Crippen LogP contribution in [0.1, 0.15) is 17.9 Å². The molecule has 0 radical (unpaired) electrons. The van der Waals surface area contributed by atoms with E-state index < -0.39 is 26.6 Å². The Hall–Kier alpha value is -0.800. The van der Waals surface area contributed by atoms with Gasteiger partial charge in [-0.2, -0.15) is 0 Å². The van der Waals surface area contributed by atoms with Gasteiger partial charge in [0.2, 0.25) is 0 Å². The molecule has 10 heteroatoms. The molecule has 0 bridgehead atoms. The molecule has 0 amide bonds. The molecule has 2 N–H and O–H groups in total. The Bertz CT molecular complexity index is 854. The van der Waals surface area contributed by atoms with Gasteiger partial charge in [-0.1, -0.05) is 95.3 Å². The van der Waals surface area contributed by atoms with Gasteiger partial charge in [0.1, 0.15) is 2.14 Å². The molecule has 5 nitrogen and oxygen atoms in total. The lowest BCUT2D eigenvalue weighted by molar-refractivity contribution is -0.156. The standard InChI is InChI=1S/C18H14Br3Cl2NO4/c19-18(20,21)8-11(17(27)28-9-15(25)26)10-4-1-2-7-14(10)24-16-12(22)5-3-6-13(16)23/h1-7,11,24H,8-9H2,(H,25,26). The summed E-state index contributed by atoms with van der Waals surface area (Å²) in [7, 11) is 0. The fourth-order valence-corrected chi connectivity index (χ4v) is 3.91. The van der Waals surface area contributed by atoms with Gasteiger partial charge in [0.05, 0.1) is 21.7 Å². The molecule has 2 rings (SSSR count). The fourth-order valence-electron chi connectivity index (χ4n) is 2.45. The summed E-state index contributed by atoms with van der Waals surface area (Å²) in [5.41, 5.74) is 1.68. The Labute approximate surface area is 197 Å². The lowest BCUT2D eigenvalue weighted by Crippen LogP contribution is -2.23. The molecule has 0 fully saturated rings. The molecule has 0 aliphatic heterocycles. The monoisotopic (exact) mass is 615 g/mol. The van der Waals surface area contributed by atoms with Gasteiger partial charge in [-0.3, -0.25) is 4.79 Å². The van der Waals surface area contributed by atoms with Crippen LogP contribution in [-0.4, -0.2) is 25.8 Å². The van der Waals surface area contributed by atoms with E-state index in [9.17, 15) is 9.59 Å². The summed E-state index contributed by atoms with van der Waals surface area (Å²) in [6, 6.07) is 12.2. The molecule has 0 spiro atoms. The summed E-state index contributed by atoms with van der Waals surface area (Å²) < 4.78 is 4.18. The first kappa shape index (κ1) is 23.5.